The first-order valence-electron chi connectivity index (χ1n) is 8.13. The molecule has 1 amide bonds. The van der Waals surface area contributed by atoms with Crippen LogP contribution in [0.25, 0.3) is 0 Å². The summed E-state index contributed by atoms with van der Waals surface area (Å²) in [5.41, 5.74) is 6.47. The van der Waals surface area contributed by atoms with Gasteiger partial charge in [-0.05, 0) is 61.7 Å². The summed E-state index contributed by atoms with van der Waals surface area (Å²) in [5.74, 6) is -0.188. The van der Waals surface area contributed by atoms with E-state index >= 15 is 0 Å². The van der Waals surface area contributed by atoms with Gasteiger partial charge in [-0.2, -0.15) is 13.2 Å². The third kappa shape index (κ3) is 3.78. The van der Waals surface area contributed by atoms with E-state index < -0.39 is 17.8 Å². The molecule has 0 bridgehead atoms. The van der Waals surface area contributed by atoms with Crippen molar-refractivity contribution < 1.29 is 18.0 Å². The molecular formula is C19H19F3N2O. The molecule has 1 aliphatic rings. The van der Waals surface area contributed by atoms with Crippen LogP contribution in [0.2, 0.25) is 0 Å². The Morgan fingerprint density at radius 1 is 1.16 bits per heavy atom. The summed E-state index contributed by atoms with van der Waals surface area (Å²) >= 11 is 0. The van der Waals surface area contributed by atoms with E-state index in [9.17, 15) is 18.0 Å². The molecular weight excluding hydrogens is 329 g/mol. The number of rotatable bonds is 4. The van der Waals surface area contributed by atoms with Crippen LogP contribution >= 0.6 is 0 Å². The standard InChI is InChI=1S/C19H19F3N2O/c1-12(14-3-2-4-15(11-14)19(20,21)22)24(17-9-10-17)18(25)13-5-7-16(23)8-6-13/h2-8,11-12,17H,9-10,23H2,1H3. The van der Waals surface area contributed by atoms with Crippen LogP contribution in [0.4, 0.5) is 18.9 Å². The van der Waals surface area contributed by atoms with Crippen molar-refractivity contribution in [1.29, 1.82) is 0 Å². The van der Waals surface area contributed by atoms with Crippen LogP contribution in [-0.2, 0) is 6.18 Å². The molecule has 3 rings (SSSR count). The van der Waals surface area contributed by atoms with Gasteiger partial charge in [-0.1, -0.05) is 12.1 Å². The Balaban J connectivity index is 1.90. The van der Waals surface area contributed by atoms with Gasteiger partial charge in [0.25, 0.3) is 5.91 Å². The topological polar surface area (TPSA) is 46.3 Å². The number of halogens is 3. The molecule has 0 saturated heterocycles. The minimum Gasteiger partial charge on any atom is -0.399 e. The van der Waals surface area contributed by atoms with Gasteiger partial charge in [0.05, 0.1) is 11.6 Å². The lowest BCUT2D eigenvalue weighted by molar-refractivity contribution is -0.137. The Kier molecular flexibility index (Phi) is 4.45. The van der Waals surface area contributed by atoms with E-state index in [2.05, 4.69) is 0 Å². The van der Waals surface area contributed by atoms with Gasteiger partial charge in [-0.3, -0.25) is 4.79 Å². The van der Waals surface area contributed by atoms with E-state index in [1.165, 1.54) is 6.07 Å². The Hall–Kier alpha value is -2.50. The minimum absolute atomic E-state index is 0.0644. The van der Waals surface area contributed by atoms with E-state index in [1.54, 1.807) is 42.2 Å². The van der Waals surface area contributed by atoms with Gasteiger partial charge in [-0.15, -0.1) is 0 Å². The van der Waals surface area contributed by atoms with Gasteiger partial charge in [0.2, 0.25) is 0 Å². The van der Waals surface area contributed by atoms with Crippen LogP contribution in [-0.4, -0.2) is 16.8 Å². The quantitative estimate of drug-likeness (QED) is 0.817. The molecule has 3 nitrogen and oxygen atoms in total. The fourth-order valence-corrected chi connectivity index (χ4v) is 2.92. The molecule has 0 aliphatic heterocycles. The zero-order valence-corrected chi connectivity index (χ0v) is 13.8. The smallest absolute Gasteiger partial charge is 0.399 e. The average Bonchev–Trinajstić information content (AvgIpc) is 3.39. The summed E-state index contributed by atoms with van der Waals surface area (Å²) in [7, 11) is 0. The molecule has 0 aromatic heterocycles. The Morgan fingerprint density at radius 2 is 1.80 bits per heavy atom. The number of nitrogens with zero attached hydrogens (tertiary/aromatic N) is 1. The maximum atomic E-state index is 13.0. The third-order valence-electron chi connectivity index (χ3n) is 4.45. The van der Waals surface area contributed by atoms with Crippen LogP contribution in [0.5, 0.6) is 0 Å². The van der Waals surface area contributed by atoms with Crippen LogP contribution in [0.3, 0.4) is 0 Å². The third-order valence-corrected chi connectivity index (χ3v) is 4.45. The maximum Gasteiger partial charge on any atom is 0.416 e. The van der Waals surface area contributed by atoms with Crippen molar-refractivity contribution >= 4 is 11.6 Å². The molecule has 1 unspecified atom stereocenters. The molecule has 0 radical (unpaired) electrons. The van der Waals surface area contributed by atoms with Gasteiger partial charge < -0.3 is 10.6 Å². The number of benzene rings is 2. The number of amides is 1. The number of carbonyl (C=O) groups is 1. The van der Waals surface area contributed by atoms with Crippen molar-refractivity contribution in [1.82, 2.24) is 4.90 Å². The predicted octanol–water partition coefficient (Wildman–Crippen LogP) is 4.65. The van der Waals surface area contributed by atoms with Crippen LogP contribution in [0, 0.1) is 0 Å². The highest BCUT2D eigenvalue weighted by molar-refractivity contribution is 5.95. The number of hydrogen-bond acceptors (Lipinski definition) is 2. The first-order valence-corrected chi connectivity index (χ1v) is 8.13. The highest BCUT2D eigenvalue weighted by Gasteiger charge is 2.37. The summed E-state index contributed by atoms with van der Waals surface area (Å²) in [4.78, 5) is 14.6. The number of alkyl halides is 3. The van der Waals surface area contributed by atoms with Crippen molar-refractivity contribution in [2.45, 2.75) is 38.0 Å². The number of carbonyl (C=O) groups excluding carboxylic acids is 1. The van der Waals surface area contributed by atoms with Crippen LogP contribution in [0.1, 0.15) is 47.3 Å². The molecule has 2 N–H and O–H groups in total. The second-order valence-electron chi connectivity index (χ2n) is 6.36. The molecule has 2 aromatic carbocycles. The molecule has 1 aliphatic carbocycles. The second-order valence-corrected chi connectivity index (χ2v) is 6.36. The highest BCUT2D eigenvalue weighted by Crippen LogP contribution is 2.37. The summed E-state index contributed by atoms with van der Waals surface area (Å²) in [5, 5.41) is 0. The van der Waals surface area contributed by atoms with Crippen molar-refractivity contribution in [3.63, 3.8) is 0 Å². The zero-order valence-electron chi connectivity index (χ0n) is 13.8. The fraction of sp³-hybridized carbons (Fsp3) is 0.316. The zero-order chi connectivity index (χ0) is 18.2. The van der Waals surface area contributed by atoms with E-state index in [-0.39, 0.29) is 11.9 Å². The molecule has 1 fully saturated rings. The van der Waals surface area contributed by atoms with Gasteiger partial charge in [0.15, 0.2) is 0 Å². The van der Waals surface area contributed by atoms with Crippen molar-refractivity contribution in [2.75, 3.05) is 5.73 Å². The Morgan fingerprint density at radius 3 is 2.36 bits per heavy atom. The molecule has 0 heterocycles. The lowest BCUT2D eigenvalue weighted by Crippen LogP contribution is -2.35. The van der Waals surface area contributed by atoms with E-state index in [0.717, 1.165) is 25.0 Å². The summed E-state index contributed by atoms with van der Waals surface area (Å²) in [6.45, 7) is 1.77. The van der Waals surface area contributed by atoms with Crippen molar-refractivity contribution in [2.24, 2.45) is 0 Å². The minimum atomic E-state index is -4.40. The highest BCUT2D eigenvalue weighted by atomic mass is 19.4. The summed E-state index contributed by atoms with van der Waals surface area (Å²) < 4.78 is 38.9. The van der Waals surface area contributed by atoms with Gasteiger partial charge >= 0.3 is 6.18 Å². The number of nitrogens with two attached hydrogens (primary N) is 1. The fourth-order valence-electron chi connectivity index (χ4n) is 2.92. The van der Waals surface area contributed by atoms with E-state index in [1.807, 2.05) is 0 Å². The lowest BCUT2D eigenvalue weighted by Gasteiger charge is -2.30. The SMILES string of the molecule is CC(c1cccc(C(F)(F)F)c1)N(C(=O)c1ccc(N)cc1)C1CC1. The predicted molar refractivity (Wildman–Crippen MR) is 89.9 cm³/mol. The summed E-state index contributed by atoms with van der Waals surface area (Å²) in [6, 6.07) is 11.4. The Labute approximate surface area is 144 Å². The first-order chi connectivity index (χ1) is 11.8. The molecule has 6 heteroatoms. The van der Waals surface area contributed by atoms with E-state index in [0.29, 0.717) is 16.8 Å². The number of nitrogen functional groups attached to an aromatic ring is 1. The average molecular weight is 348 g/mol. The van der Waals surface area contributed by atoms with Crippen LogP contribution < -0.4 is 5.73 Å². The van der Waals surface area contributed by atoms with Gasteiger partial charge in [0.1, 0.15) is 0 Å². The van der Waals surface area contributed by atoms with Crippen molar-refractivity contribution in [3.05, 3.63) is 65.2 Å². The van der Waals surface area contributed by atoms with Crippen LogP contribution in [0.15, 0.2) is 48.5 Å². The van der Waals surface area contributed by atoms with Gasteiger partial charge in [-0.25, -0.2) is 0 Å². The largest absolute Gasteiger partial charge is 0.416 e. The lowest BCUT2D eigenvalue weighted by atomic mass is 10.0. The molecule has 25 heavy (non-hydrogen) atoms. The number of anilines is 1. The van der Waals surface area contributed by atoms with Crippen molar-refractivity contribution in [3.8, 4) is 0 Å². The first kappa shape index (κ1) is 17.3. The molecule has 1 atom stereocenters. The molecule has 1 saturated carbocycles. The van der Waals surface area contributed by atoms with E-state index in [4.69, 9.17) is 5.73 Å². The van der Waals surface area contributed by atoms with Gasteiger partial charge in [0, 0.05) is 17.3 Å². The molecule has 2 aromatic rings. The summed E-state index contributed by atoms with van der Waals surface area (Å²) in [6.07, 6.45) is -2.67. The Bertz CT molecular complexity index is 767. The monoisotopic (exact) mass is 348 g/mol. The normalized spacial score (nSPS) is 15.7. The molecule has 0 spiro atoms. The molecule has 132 valence electrons. The second kappa shape index (κ2) is 6.43. The maximum absolute atomic E-state index is 13.0. The number of hydrogen-bond donors (Lipinski definition) is 1.